The Bertz CT molecular complexity index is 967. The first kappa shape index (κ1) is 12.0. The second-order valence-corrected chi connectivity index (χ2v) is 5.29. The Morgan fingerprint density at radius 3 is 2.62 bits per heavy atom. The lowest BCUT2D eigenvalue weighted by Crippen LogP contribution is -1.96. The number of nitrogen functional groups attached to an aromatic ring is 1. The van der Waals surface area contributed by atoms with Crippen molar-refractivity contribution < 1.29 is 0 Å². The molecule has 0 saturated carbocycles. The van der Waals surface area contributed by atoms with Crippen molar-refractivity contribution in [2.24, 2.45) is 0 Å². The Labute approximate surface area is 122 Å². The van der Waals surface area contributed by atoms with Crippen LogP contribution in [0.2, 0.25) is 0 Å². The summed E-state index contributed by atoms with van der Waals surface area (Å²) in [7, 11) is 0. The number of nitrogens with zero attached hydrogens (tertiary/aromatic N) is 2. The molecule has 2 aromatic carbocycles. The van der Waals surface area contributed by atoms with Gasteiger partial charge >= 0.3 is 0 Å². The predicted octanol–water partition coefficient (Wildman–Crippen LogP) is 4.05. The molecule has 0 unspecified atom stereocenters. The minimum Gasteiger partial charge on any atom is -0.397 e. The van der Waals surface area contributed by atoms with Gasteiger partial charge in [0, 0.05) is 17.5 Å². The monoisotopic (exact) mass is 273 g/mol. The fourth-order valence-electron chi connectivity index (χ4n) is 2.69. The third-order valence-corrected chi connectivity index (χ3v) is 3.97. The molecule has 0 aliphatic rings. The summed E-state index contributed by atoms with van der Waals surface area (Å²) in [4.78, 5) is 4.70. The molecule has 4 rings (SSSR count). The Morgan fingerprint density at radius 1 is 0.952 bits per heavy atom. The normalized spacial score (nSPS) is 11.3. The standard InChI is InChI=1S/C18H15N3/c1-12-16(19)8-9-18-20-17(11-21(12)18)15-7-6-13-4-2-3-5-14(13)10-15/h2-11H,19H2,1H3. The van der Waals surface area contributed by atoms with Gasteiger partial charge in [-0.25, -0.2) is 4.98 Å². The zero-order chi connectivity index (χ0) is 14.4. The van der Waals surface area contributed by atoms with Crippen LogP contribution in [0.1, 0.15) is 5.69 Å². The van der Waals surface area contributed by atoms with E-state index >= 15 is 0 Å². The predicted molar refractivity (Wildman–Crippen MR) is 87.3 cm³/mol. The van der Waals surface area contributed by atoms with Crippen LogP contribution in [0.15, 0.2) is 60.8 Å². The lowest BCUT2D eigenvalue weighted by molar-refractivity contribution is 1.10. The Hall–Kier alpha value is -2.81. The van der Waals surface area contributed by atoms with Gasteiger partial charge in [-0.15, -0.1) is 0 Å². The van der Waals surface area contributed by atoms with E-state index in [2.05, 4.69) is 42.5 Å². The van der Waals surface area contributed by atoms with E-state index in [1.807, 2.05) is 29.7 Å². The zero-order valence-corrected chi connectivity index (χ0v) is 11.7. The summed E-state index contributed by atoms with van der Waals surface area (Å²) in [5, 5.41) is 2.47. The second kappa shape index (κ2) is 4.35. The summed E-state index contributed by atoms with van der Waals surface area (Å²) < 4.78 is 2.04. The molecule has 0 saturated heterocycles. The summed E-state index contributed by atoms with van der Waals surface area (Å²) in [6, 6.07) is 18.6. The van der Waals surface area contributed by atoms with Crippen LogP contribution in [0.3, 0.4) is 0 Å². The maximum atomic E-state index is 5.96. The number of aromatic nitrogens is 2. The molecule has 0 aliphatic carbocycles. The van der Waals surface area contributed by atoms with Crippen molar-refractivity contribution in [3.05, 3.63) is 66.5 Å². The lowest BCUT2D eigenvalue weighted by atomic mass is 10.1. The van der Waals surface area contributed by atoms with E-state index in [1.54, 1.807) is 0 Å². The van der Waals surface area contributed by atoms with Crippen LogP contribution in [-0.2, 0) is 0 Å². The number of pyridine rings is 1. The Balaban J connectivity index is 1.93. The quantitative estimate of drug-likeness (QED) is 0.568. The van der Waals surface area contributed by atoms with E-state index in [1.165, 1.54) is 10.8 Å². The van der Waals surface area contributed by atoms with E-state index in [-0.39, 0.29) is 0 Å². The first-order valence-corrected chi connectivity index (χ1v) is 6.96. The maximum absolute atomic E-state index is 5.96. The third-order valence-electron chi connectivity index (χ3n) is 3.97. The van der Waals surface area contributed by atoms with Crippen LogP contribution in [0.5, 0.6) is 0 Å². The average Bonchev–Trinajstić information content (AvgIpc) is 2.95. The van der Waals surface area contributed by atoms with Crippen LogP contribution in [0.25, 0.3) is 27.7 Å². The van der Waals surface area contributed by atoms with Crippen LogP contribution in [0.4, 0.5) is 5.69 Å². The molecule has 2 aromatic heterocycles. The number of hydrogen-bond acceptors (Lipinski definition) is 2. The van der Waals surface area contributed by atoms with Gasteiger partial charge in [0.2, 0.25) is 0 Å². The van der Waals surface area contributed by atoms with Gasteiger partial charge in [-0.1, -0.05) is 36.4 Å². The fraction of sp³-hybridized carbons (Fsp3) is 0.0556. The smallest absolute Gasteiger partial charge is 0.137 e. The molecule has 2 heterocycles. The van der Waals surface area contributed by atoms with Crippen molar-refractivity contribution in [3.63, 3.8) is 0 Å². The van der Waals surface area contributed by atoms with Crippen molar-refractivity contribution in [2.45, 2.75) is 6.92 Å². The Kier molecular flexibility index (Phi) is 2.48. The lowest BCUT2D eigenvalue weighted by Gasteiger charge is -2.02. The number of nitrogens with two attached hydrogens (primary N) is 1. The minimum absolute atomic E-state index is 0.782. The largest absolute Gasteiger partial charge is 0.397 e. The van der Waals surface area contributed by atoms with Gasteiger partial charge in [0.25, 0.3) is 0 Å². The summed E-state index contributed by atoms with van der Waals surface area (Å²) in [6.45, 7) is 2.01. The highest BCUT2D eigenvalue weighted by molar-refractivity contribution is 5.87. The summed E-state index contributed by atoms with van der Waals surface area (Å²) in [5.74, 6) is 0. The number of imidazole rings is 1. The van der Waals surface area contributed by atoms with Gasteiger partial charge in [-0.2, -0.15) is 0 Å². The van der Waals surface area contributed by atoms with Crippen molar-refractivity contribution in [2.75, 3.05) is 5.73 Å². The van der Waals surface area contributed by atoms with Gasteiger partial charge in [-0.05, 0) is 35.9 Å². The summed E-state index contributed by atoms with van der Waals surface area (Å²) in [6.07, 6.45) is 2.05. The SMILES string of the molecule is Cc1c(N)ccc2nc(-c3ccc4ccccc4c3)cn12. The van der Waals surface area contributed by atoms with Crippen LogP contribution < -0.4 is 5.73 Å². The number of rotatable bonds is 1. The number of fused-ring (bicyclic) bond motifs is 2. The van der Waals surface area contributed by atoms with E-state index in [9.17, 15) is 0 Å². The highest BCUT2D eigenvalue weighted by Crippen LogP contribution is 2.25. The van der Waals surface area contributed by atoms with Crippen molar-refractivity contribution in [1.29, 1.82) is 0 Å². The number of benzene rings is 2. The third kappa shape index (κ3) is 1.86. The number of aryl methyl sites for hydroxylation is 1. The van der Waals surface area contributed by atoms with Crippen molar-refractivity contribution >= 4 is 22.1 Å². The summed E-state index contributed by atoms with van der Waals surface area (Å²) >= 11 is 0. The fourth-order valence-corrected chi connectivity index (χ4v) is 2.69. The molecule has 0 spiro atoms. The summed E-state index contributed by atoms with van der Waals surface area (Å²) in [5.41, 5.74) is 10.8. The molecule has 0 radical (unpaired) electrons. The molecule has 21 heavy (non-hydrogen) atoms. The highest BCUT2D eigenvalue weighted by atomic mass is 15.0. The van der Waals surface area contributed by atoms with Gasteiger partial charge in [0.15, 0.2) is 0 Å². The van der Waals surface area contributed by atoms with Crippen molar-refractivity contribution in [1.82, 2.24) is 9.38 Å². The molecule has 0 fully saturated rings. The van der Waals surface area contributed by atoms with Gasteiger partial charge < -0.3 is 10.1 Å². The molecule has 2 N–H and O–H groups in total. The van der Waals surface area contributed by atoms with Crippen LogP contribution in [0, 0.1) is 6.92 Å². The molecule has 0 aliphatic heterocycles. The Morgan fingerprint density at radius 2 is 1.76 bits per heavy atom. The topological polar surface area (TPSA) is 43.3 Å². The molecule has 3 heteroatoms. The zero-order valence-electron chi connectivity index (χ0n) is 11.7. The first-order valence-electron chi connectivity index (χ1n) is 6.96. The molecular formula is C18H15N3. The molecule has 0 atom stereocenters. The molecular weight excluding hydrogens is 258 g/mol. The van der Waals surface area contributed by atoms with E-state index in [4.69, 9.17) is 10.7 Å². The van der Waals surface area contributed by atoms with Gasteiger partial charge in [-0.3, -0.25) is 0 Å². The van der Waals surface area contributed by atoms with Crippen LogP contribution in [-0.4, -0.2) is 9.38 Å². The minimum atomic E-state index is 0.782. The molecule has 0 bridgehead atoms. The molecule has 102 valence electrons. The van der Waals surface area contributed by atoms with E-state index in [0.717, 1.165) is 28.3 Å². The molecule has 4 aromatic rings. The maximum Gasteiger partial charge on any atom is 0.137 e. The van der Waals surface area contributed by atoms with Crippen molar-refractivity contribution in [3.8, 4) is 11.3 Å². The van der Waals surface area contributed by atoms with Gasteiger partial charge in [0.05, 0.1) is 11.4 Å². The van der Waals surface area contributed by atoms with E-state index < -0.39 is 0 Å². The average molecular weight is 273 g/mol. The van der Waals surface area contributed by atoms with Gasteiger partial charge in [0.1, 0.15) is 5.65 Å². The number of anilines is 1. The first-order chi connectivity index (χ1) is 10.2. The van der Waals surface area contributed by atoms with Crippen LogP contribution >= 0.6 is 0 Å². The second-order valence-electron chi connectivity index (χ2n) is 5.29. The molecule has 0 amide bonds. The number of hydrogen-bond donors (Lipinski definition) is 1. The molecule has 3 nitrogen and oxygen atoms in total. The van der Waals surface area contributed by atoms with E-state index in [0.29, 0.717) is 0 Å². The highest BCUT2D eigenvalue weighted by Gasteiger charge is 2.07.